The first-order chi connectivity index (χ1) is 15.2. The van der Waals surface area contributed by atoms with Crippen LogP contribution in [-0.2, 0) is 39.7 Å². The Labute approximate surface area is 185 Å². The Kier molecular flexibility index (Phi) is 4.86. The second kappa shape index (κ2) is 7.38. The van der Waals surface area contributed by atoms with Gasteiger partial charge in [-0.25, -0.2) is 17.8 Å². The highest BCUT2D eigenvalue weighted by Gasteiger charge is 2.59. The molecule has 3 aromatic rings. The highest BCUT2D eigenvalue weighted by molar-refractivity contribution is 7.90. The fourth-order valence-electron chi connectivity index (χ4n) is 4.73. The maximum Gasteiger partial charge on any atom is 0.238 e. The molecule has 0 saturated heterocycles. The molecule has 168 valence electrons. The molecule has 0 bridgehead atoms. The fourth-order valence-corrected chi connectivity index (χ4v) is 5.38. The summed E-state index contributed by atoms with van der Waals surface area (Å²) in [5, 5.41) is 0. The summed E-state index contributed by atoms with van der Waals surface area (Å²) in [5.41, 5.74) is 9.28. The van der Waals surface area contributed by atoms with E-state index in [1.54, 1.807) is 11.0 Å². The molecule has 2 heterocycles. The number of halogens is 1. The van der Waals surface area contributed by atoms with Crippen molar-refractivity contribution in [2.24, 2.45) is 5.73 Å². The number of anilines is 1. The van der Waals surface area contributed by atoms with Crippen molar-refractivity contribution in [1.29, 1.82) is 0 Å². The molecule has 0 atom stereocenters. The Hall–Kier alpha value is -2.78. The quantitative estimate of drug-likeness (QED) is 0.589. The Bertz CT molecular complexity index is 1340. The maximum absolute atomic E-state index is 14.1. The normalized spacial score (nSPS) is 16.8. The van der Waals surface area contributed by atoms with Crippen molar-refractivity contribution >= 4 is 32.5 Å². The van der Waals surface area contributed by atoms with Crippen molar-refractivity contribution in [3.63, 3.8) is 0 Å². The minimum absolute atomic E-state index is 0.0181. The third-order valence-corrected chi connectivity index (χ3v) is 7.52. The van der Waals surface area contributed by atoms with E-state index in [4.69, 9.17) is 10.7 Å². The van der Waals surface area contributed by atoms with Gasteiger partial charge in [0.25, 0.3) is 0 Å². The van der Waals surface area contributed by atoms with Crippen LogP contribution in [0.15, 0.2) is 36.4 Å². The molecule has 1 aliphatic carbocycles. The van der Waals surface area contributed by atoms with Gasteiger partial charge in [-0.3, -0.25) is 4.79 Å². The van der Waals surface area contributed by atoms with Crippen LogP contribution in [0, 0.1) is 5.82 Å². The molecule has 32 heavy (non-hydrogen) atoms. The van der Waals surface area contributed by atoms with Crippen molar-refractivity contribution in [2.45, 2.75) is 44.3 Å². The van der Waals surface area contributed by atoms with Crippen LogP contribution < -0.4 is 10.6 Å². The number of amides is 1. The lowest BCUT2D eigenvalue weighted by Gasteiger charge is -2.19. The van der Waals surface area contributed by atoms with E-state index in [-0.39, 0.29) is 24.0 Å². The summed E-state index contributed by atoms with van der Waals surface area (Å²) < 4.78 is 39.3. The standard InChI is InChI=1S/C23H25FN4O3S/c1-32(30,31)10-2-9-27-19-6-3-15(13-25)11-18(19)26-21(27)14-28-20-12-16(24)4-5-17(20)23(7-8-23)22(28)29/h3-6,11-12H,2,7-10,13-14,25H2,1H3. The predicted molar refractivity (Wildman–Crippen MR) is 120 cm³/mol. The number of hydrogen-bond donors (Lipinski definition) is 1. The second-order valence-corrected chi connectivity index (χ2v) is 11.1. The predicted octanol–water partition coefficient (Wildman–Crippen LogP) is 2.65. The van der Waals surface area contributed by atoms with E-state index >= 15 is 0 Å². The average Bonchev–Trinajstić information content (AvgIpc) is 3.43. The number of imidazole rings is 1. The van der Waals surface area contributed by atoms with Crippen molar-refractivity contribution in [3.8, 4) is 0 Å². The molecule has 2 N–H and O–H groups in total. The Balaban J connectivity index is 1.54. The van der Waals surface area contributed by atoms with Crippen molar-refractivity contribution in [1.82, 2.24) is 9.55 Å². The van der Waals surface area contributed by atoms with Crippen molar-refractivity contribution < 1.29 is 17.6 Å². The summed E-state index contributed by atoms with van der Waals surface area (Å²) in [6.07, 6.45) is 3.19. The molecule has 1 fully saturated rings. The van der Waals surface area contributed by atoms with E-state index in [0.29, 0.717) is 31.0 Å². The number of carbonyl (C=O) groups is 1. The largest absolute Gasteiger partial charge is 0.326 e. The number of carbonyl (C=O) groups excluding carboxylic acids is 1. The number of hydrogen-bond acceptors (Lipinski definition) is 5. The lowest BCUT2D eigenvalue weighted by atomic mass is 9.98. The Morgan fingerprint density at radius 1 is 1.19 bits per heavy atom. The minimum atomic E-state index is -3.09. The Morgan fingerprint density at radius 3 is 2.66 bits per heavy atom. The number of rotatable bonds is 7. The van der Waals surface area contributed by atoms with Crippen LogP contribution in [0.1, 0.15) is 36.2 Å². The van der Waals surface area contributed by atoms with Crippen molar-refractivity contribution in [3.05, 3.63) is 59.2 Å². The van der Waals surface area contributed by atoms with E-state index < -0.39 is 15.3 Å². The monoisotopic (exact) mass is 456 g/mol. The van der Waals surface area contributed by atoms with Crippen LogP contribution in [-0.4, -0.2) is 35.9 Å². The molecule has 5 rings (SSSR count). The molecule has 0 unspecified atom stereocenters. The second-order valence-electron chi connectivity index (χ2n) is 8.83. The van der Waals surface area contributed by atoms with Gasteiger partial charge in [0.2, 0.25) is 5.91 Å². The SMILES string of the molecule is CS(=O)(=O)CCCn1c(CN2C(=O)C3(CC3)c3ccc(F)cc32)nc2cc(CN)ccc21. The zero-order valence-electron chi connectivity index (χ0n) is 17.8. The van der Waals surface area contributed by atoms with E-state index in [1.165, 1.54) is 18.4 Å². The van der Waals surface area contributed by atoms with Crippen LogP contribution in [0.5, 0.6) is 0 Å². The van der Waals surface area contributed by atoms with Crippen molar-refractivity contribution in [2.75, 3.05) is 16.9 Å². The lowest BCUT2D eigenvalue weighted by molar-refractivity contribution is -0.120. The lowest BCUT2D eigenvalue weighted by Crippen LogP contribution is -2.32. The minimum Gasteiger partial charge on any atom is -0.326 e. The first kappa shape index (κ1) is 21.1. The van der Waals surface area contributed by atoms with Crippen LogP contribution in [0.4, 0.5) is 10.1 Å². The molecule has 2 aliphatic rings. The third kappa shape index (κ3) is 3.49. The van der Waals surface area contributed by atoms with Crippen LogP contribution in [0.3, 0.4) is 0 Å². The highest BCUT2D eigenvalue weighted by atomic mass is 32.2. The number of sulfone groups is 1. The topological polar surface area (TPSA) is 98.3 Å². The van der Waals surface area contributed by atoms with Gasteiger partial charge in [0, 0.05) is 19.3 Å². The van der Waals surface area contributed by atoms with Gasteiger partial charge < -0.3 is 15.2 Å². The van der Waals surface area contributed by atoms with E-state index in [2.05, 4.69) is 0 Å². The van der Waals surface area contributed by atoms with Gasteiger partial charge in [-0.15, -0.1) is 0 Å². The smallest absolute Gasteiger partial charge is 0.238 e. The summed E-state index contributed by atoms with van der Waals surface area (Å²) in [6.45, 7) is 1.03. The first-order valence-corrected chi connectivity index (χ1v) is 12.8. The fraction of sp³-hybridized carbons (Fsp3) is 0.391. The maximum atomic E-state index is 14.1. The van der Waals surface area contributed by atoms with Gasteiger partial charge in [0.1, 0.15) is 21.5 Å². The van der Waals surface area contributed by atoms with Gasteiger partial charge in [-0.2, -0.15) is 0 Å². The Morgan fingerprint density at radius 2 is 1.97 bits per heavy atom. The summed E-state index contributed by atoms with van der Waals surface area (Å²) in [6, 6.07) is 10.3. The molecule has 9 heteroatoms. The molecular formula is C23H25FN4O3S. The molecule has 2 aromatic carbocycles. The summed E-state index contributed by atoms with van der Waals surface area (Å²) in [4.78, 5) is 19.7. The number of aryl methyl sites for hydroxylation is 1. The zero-order chi connectivity index (χ0) is 22.7. The van der Waals surface area contributed by atoms with Gasteiger partial charge in [-0.05, 0) is 54.7 Å². The number of benzene rings is 2. The van der Waals surface area contributed by atoms with E-state index in [0.717, 1.165) is 35.0 Å². The molecular weight excluding hydrogens is 431 g/mol. The number of nitrogens with two attached hydrogens (primary N) is 1. The number of fused-ring (bicyclic) bond motifs is 3. The van der Waals surface area contributed by atoms with Crippen LogP contribution >= 0.6 is 0 Å². The molecule has 1 spiro atoms. The highest BCUT2D eigenvalue weighted by Crippen LogP contribution is 2.57. The molecule has 1 amide bonds. The molecule has 1 aliphatic heterocycles. The summed E-state index contributed by atoms with van der Waals surface area (Å²) in [5.74, 6) is 0.306. The van der Waals surface area contributed by atoms with E-state index in [1.807, 2.05) is 22.8 Å². The summed E-state index contributed by atoms with van der Waals surface area (Å²) >= 11 is 0. The van der Waals surface area contributed by atoms with Gasteiger partial charge in [0.05, 0.1) is 34.4 Å². The molecule has 7 nitrogen and oxygen atoms in total. The number of aromatic nitrogens is 2. The zero-order valence-corrected chi connectivity index (χ0v) is 18.7. The summed E-state index contributed by atoms with van der Waals surface area (Å²) in [7, 11) is -3.09. The van der Waals surface area contributed by atoms with E-state index in [9.17, 15) is 17.6 Å². The molecule has 1 saturated carbocycles. The van der Waals surface area contributed by atoms with Crippen LogP contribution in [0.2, 0.25) is 0 Å². The first-order valence-electron chi connectivity index (χ1n) is 10.7. The molecule has 0 radical (unpaired) electrons. The third-order valence-electron chi connectivity index (χ3n) is 6.49. The van der Waals surface area contributed by atoms with Gasteiger partial charge in [-0.1, -0.05) is 12.1 Å². The number of nitrogens with zero attached hydrogens (tertiary/aromatic N) is 3. The van der Waals surface area contributed by atoms with Crippen LogP contribution in [0.25, 0.3) is 11.0 Å². The molecule has 1 aromatic heterocycles. The van der Waals surface area contributed by atoms with Gasteiger partial charge >= 0.3 is 0 Å². The van der Waals surface area contributed by atoms with Gasteiger partial charge in [0.15, 0.2) is 0 Å². The average molecular weight is 457 g/mol.